The highest BCUT2D eigenvalue weighted by Gasteiger charge is 2.14. The van der Waals surface area contributed by atoms with E-state index in [9.17, 15) is 0 Å². The minimum absolute atomic E-state index is 0.214. The Labute approximate surface area is 84.5 Å². The molecule has 0 radical (unpaired) electrons. The average molecular weight is 198 g/mol. The van der Waals surface area contributed by atoms with Crippen LogP contribution < -0.4 is 5.32 Å². The third kappa shape index (κ3) is 2.52. The van der Waals surface area contributed by atoms with Crippen molar-refractivity contribution in [3.8, 4) is 0 Å². The van der Waals surface area contributed by atoms with Crippen LogP contribution in [0.1, 0.15) is 17.7 Å². The van der Waals surface area contributed by atoms with E-state index in [1.54, 1.807) is 7.11 Å². The van der Waals surface area contributed by atoms with Crippen molar-refractivity contribution >= 4 is 0 Å². The van der Waals surface area contributed by atoms with E-state index in [1.165, 1.54) is 0 Å². The molecule has 1 unspecified atom stereocenters. The molecule has 0 aliphatic carbocycles. The minimum Gasteiger partial charge on any atom is -0.382 e. The Morgan fingerprint density at radius 1 is 1.50 bits per heavy atom. The van der Waals surface area contributed by atoms with Gasteiger partial charge < -0.3 is 10.1 Å². The van der Waals surface area contributed by atoms with Crippen LogP contribution >= 0.6 is 0 Å². The Bertz CT molecular complexity index is 278. The molecule has 1 heterocycles. The molecule has 0 amide bonds. The fourth-order valence-corrected chi connectivity index (χ4v) is 1.53. The number of aromatic nitrogens is 3. The maximum absolute atomic E-state index is 5.15. The van der Waals surface area contributed by atoms with Crippen LogP contribution in [0.2, 0.25) is 0 Å². The number of methoxy groups -OCH3 is 1. The standard InChI is InChI=1S/C9H18N4O/c1-7-11-8(2)13(12-7)9(5-10-3)6-14-4/h9-10H,5-6H2,1-4H3. The SMILES string of the molecule is CNCC(COC)n1nc(C)nc1C. The van der Waals surface area contributed by atoms with E-state index in [-0.39, 0.29) is 6.04 Å². The molecule has 0 saturated carbocycles. The first kappa shape index (κ1) is 11.1. The number of ether oxygens (including phenoxy) is 1. The van der Waals surface area contributed by atoms with Crippen molar-refractivity contribution in [3.05, 3.63) is 11.6 Å². The molecule has 0 aliphatic heterocycles. The molecule has 1 atom stereocenters. The fourth-order valence-electron chi connectivity index (χ4n) is 1.53. The number of nitrogens with zero attached hydrogens (tertiary/aromatic N) is 3. The summed E-state index contributed by atoms with van der Waals surface area (Å²) >= 11 is 0. The highest BCUT2D eigenvalue weighted by molar-refractivity contribution is 4.90. The van der Waals surface area contributed by atoms with E-state index in [1.807, 2.05) is 25.6 Å². The lowest BCUT2D eigenvalue weighted by atomic mass is 10.3. The Morgan fingerprint density at radius 3 is 2.64 bits per heavy atom. The number of nitrogens with one attached hydrogen (secondary N) is 1. The van der Waals surface area contributed by atoms with Crippen molar-refractivity contribution < 1.29 is 4.74 Å². The molecule has 0 fully saturated rings. The molecule has 1 N–H and O–H groups in total. The summed E-state index contributed by atoms with van der Waals surface area (Å²) in [6.07, 6.45) is 0. The zero-order valence-corrected chi connectivity index (χ0v) is 9.24. The van der Waals surface area contributed by atoms with Gasteiger partial charge in [-0.05, 0) is 20.9 Å². The summed E-state index contributed by atoms with van der Waals surface area (Å²) in [5.41, 5.74) is 0. The van der Waals surface area contributed by atoms with Crippen LogP contribution in [-0.2, 0) is 4.74 Å². The quantitative estimate of drug-likeness (QED) is 0.739. The number of aryl methyl sites for hydroxylation is 2. The molecular formula is C9H18N4O. The zero-order chi connectivity index (χ0) is 10.6. The maximum Gasteiger partial charge on any atom is 0.147 e. The van der Waals surface area contributed by atoms with E-state index < -0.39 is 0 Å². The van der Waals surface area contributed by atoms with Gasteiger partial charge in [0, 0.05) is 13.7 Å². The predicted octanol–water partition coefficient (Wildman–Crippen LogP) is 0.302. The molecule has 0 bridgehead atoms. The number of likely N-dealkylation sites (N-methyl/N-ethyl adjacent to an activating group) is 1. The molecule has 0 aliphatic rings. The molecule has 5 heteroatoms. The summed E-state index contributed by atoms with van der Waals surface area (Å²) in [6, 6.07) is 0.214. The molecular weight excluding hydrogens is 180 g/mol. The van der Waals surface area contributed by atoms with E-state index in [4.69, 9.17) is 4.74 Å². The van der Waals surface area contributed by atoms with Crippen LogP contribution in [-0.4, -0.2) is 42.1 Å². The van der Waals surface area contributed by atoms with Gasteiger partial charge in [0.05, 0.1) is 12.6 Å². The molecule has 5 nitrogen and oxygen atoms in total. The van der Waals surface area contributed by atoms with Crippen LogP contribution in [0.4, 0.5) is 0 Å². The second-order valence-electron chi connectivity index (χ2n) is 3.32. The first-order valence-electron chi connectivity index (χ1n) is 4.72. The summed E-state index contributed by atoms with van der Waals surface area (Å²) in [6.45, 7) is 5.33. The Kier molecular flexibility index (Phi) is 4.03. The van der Waals surface area contributed by atoms with Gasteiger partial charge >= 0.3 is 0 Å². The third-order valence-electron chi connectivity index (χ3n) is 2.05. The molecule has 0 spiro atoms. The molecule has 0 aromatic carbocycles. The van der Waals surface area contributed by atoms with Crippen LogP contribution in [0.25, 0.3) is 0 Å². The lowest BCUT2D eigenvalue weighted by molar-refractivity contribution is 0.148. The number of hydrogen-bond donors (Lipinski definition) is 1. The molecule has 1 rings (SSSR count). The topological polar surface area (TPSA) is 52.0 Å². The first-order valence-corrected chi connectivity index (χ1v) is 4.72. The fraction of sp³-hybridized carbons (Fsp3) is 0.778. The normalized spacial score (nSPS) is 13.1. The zero-order valence-electron chi connectivity index (χ0n) is 9.24. The van der Waals surface area contributed by atoms with Gasteiger partial charge in [-0.3, -0.25) is 0 Å². The van der Waals surface area contributed by atoms with Gasteiger partial charge in [0.1, 0.15) is 11.6 Å². The van der Waals surface area contributed by atoms with Crippen LogP contribution in [0.15, 0.2) is 0 Å². The second-order valence-corrected chi connectivity index (χ2v) is 3.32. The summed E-state index contributed by atoms with van der Waals surface area (Å²) in [7, 11) is 3.61. The number of rotatable bonds is 5. The Hall–Kier alpha value is -0.940. The van der Waals surface area contributed by atoms with Gasteiger partial charge in [-0.2, -0.15) is 5.10 Å². The molecule has 14 heavy (non-hydrogen) atoms. The highest BCUT2D eigenvalue weighted by atomic mass is 16.5. The van der Waals surface area contributed by atoms with Crippen LogP contribution in [0.3, 0.4) is 0 Å². The lowest BCUT2D eigenvalue weighted by Crippen LogP contribution is -2.27. The summed E-state index contributed by atoms with van der Waals surface area (Å²) in [4.78, 5) is 4.26. The van der Waals surface area contributed by atoms with Crippen molar-refractivity contribution in [3.63, 3.8) is 0 Å². The molecule has 0 saturated heterocycles. The molecule has 80 valence electrons. The van der Waals surface area contributed by atoms with Gasteiger partial charge in [0.15, 0.2) is 0 Å². The first-order chi connectivity index (χ1) is 6.69. The monoisotopic (exact) mass is 198 g/mol. The smallest absolute Gasteiger partial charge is 0.147 e. The van der Waals surface area contributed by atoms with Gasteiger partial charge in [-0.15, -0.1) is 0 Å². The van der Waals surface area contributed by atoms with Crippen molar-refractivity contribution in [1.82, 2.24) is 20.1 Å². The number of hydrogen-bond acceptors (Lipinski definition) is 4. The minimum atomic E-state index is 0.214. The van der Waals surface area contributed by atoms with Crippen molar-refractivity contribution in [1.29, 1.82) is 0 Å². The molecule has 1 aromatic rings. The highest BCUT2D eigenvalue weighted by Crippen LogP contribution is 2.07. The predicted molar refractivity (Wildman–Crippen MR) is 54.3 cm³/mol. The van der Waals surface area contributed by atoms with E-state index in [2.05, 4.69) is 15.4 Å². The van der Waals surface area contributed by atoms with Crippen molar-refractivity contribution in [2.45, 2.75) is 19.9 Å². The average Bonchev–Trinajstić information content (AvgIpc) is 2.45. The van der Waals surface area contributed by atoms with Gasteiger partial charge in [-0.25, -0.2) is 9.67 Å². The van der Waals surface area contributed by atoms with E-state index in [0.717, 1.165) is 18.2 Å². The summed E-state index contributed by atoms with van der Waals surface area (Å²) in [5, 5.41) is 7.45. The third-order valence-corrected chi connectivity index (χ3v) is 2.05. The Morgan fingerprint density at radius 2 is 2.21 bits per heavy atom. The maximum atomic E-state index is 5.15. The van der Waals surface area contributed by atoms with Crippen LogP contribution in [0.5, 0.6) is 0 Å². The van der Waals surface area contributed by atoms with Gasteiger partial charge in [0.25, 0.3) is 0 Å². The second kappa shape index (κ2) is 5.07. The lowest BCUT2D eigenvalue weighted by Gasteiger charge is -2.16. The van der Waals surface area contributed by atoms with Crippen molar-refractivity contribution in [2.75, 3.05) is 27.3 Å². The van der Waals surface area contributed by atoms with Crippen molar-refractivity contribution in [2.24, 2.45) is 0 Å². The van der Waals surface area contributed by atoms with Gasteiger partial charge in [0.2, 0.25) is 0 Å². The van der Waals surface area contributed by atoms with Crippen LogP contribution in [0, 0.1) is 13.8 Å². The summed E-state index contributed by atoms with van der Waals surface area (Å²) in [5.74, 6) is 1.74. The largest absolute Gasteiger partial charge is 0.382 e. The Balaban J connectivity index is 2.80. The molecule has 1 aromatic heterocycles. The summed E-state index contributed by atoms with van der Waals surface area (Å²) < 4.78 is 7.06. The van der Waals surface area contributed by atoms with E-state index >= 15 is 0 Å². The van der Waals surface area contributed by atoms with Gasteiger partial charge in [-0.1, -0.05) is 0 Å². The van der Waals surface area contributed by atoms with E-state index in [0.29, 0.717) is 6.61 Å².